The molecule has 0 spiro atoms. The molecular weight excluding hydrogens is 198 g/mol. The molecule has 0 aromatic heterocycles. The molecule has 0 saturated carbocycles. The van der Waals surface area contributed by atoms with Crippen LogP contribution in [0, 0.1) is 5.41 Å². The molecule has 0 aromatic carbocycles. The van der Waals surface area contributed by atoms with Gasteiger partial charge in [-0.05, 0) is 33.7 Å². The third-order valence-corrected chi connectivity index (χ3v) is 2.27. The van der Waals surface area contributed by atoms with Crippen LogP contribution in [0.25, 0.3) is 0 Å². The number of esters is 2. The Labute approximate surface area is 88.8 Å². The smallest absolute Gasteiger partial charge is 0.361 e. The minimum Gasteiger partial charge on any atom is -0.390 e. The Morgan fingerprint density at radius 3 is 2.40 bits per heavy atom. The first-order chi connectivity index (χ1) is 6.76. The maximum absolute atomic E-state index is 11.5. The molecule has 0 unspecified atom stereocenters. The quantitative estimate of drug-likeness (QED) is 0.482. The van der Waals surface area contributed by atoms with Crippen molar-refractivity contribution in [2.75, 3.05) is 6.54 Å². The first-order valence-electron chi connectivity index (χ1n) is 5.00. The average Bonchev–Trinajstić information content (AvgIpc) is 2.51. The lowest BCUT2D eigenvalue weighted by molar-refractivity contribution is -0.180. The number of aliphatic hydroxyl groups is 1. The Balaban J connectivity index is 2.60. The van der Waals surface area contributed by atoms with Crippen molar-refractivity contribution in [3.8, 4) is 0 Å². The van der Waals surface area contributed by atoms with Gasteiger partial charge in [-0.1, -0.05) is 0 Å². The second kappa shape index (κ2) is 3.90. The maximum Gasteiger partial charge on any atom is 0.361 e. The molecule has 1 atom stereocenters. The molecule has 15 heavy (non-hydrogen) atoms. The van der Waals surface area contributed by atoms with E-state index in [1.54, 1.807) is 20.8 Å². The van der Waals surface area contributed by atoms with Crippen molar-refractivity contribution in [1.82, 2.24) is 5.32 Å². The Morgan fingerprint density at radius 2 is 2.00 bits per heavy atom. The monoisotopic (exact) mass is 215 g/mol. The Morgan fingerprint density at radius 1 is 1.40 bits per heavy atom. The number of rotatable bonds is 1. The van der Waals surface area contributed by atoms with E-state index in [0.29, 0.717) is 13.0 Å². The Bertz CT molecular complexity index is 274. The second-order valence-electron chi connectivity index (χ2n) is 4.82. The highest BCUT2D eigenvalue weighted by molar-refractivity contribution is 5.92. The van der Waals surface area contributed by atoms with Crippen molar-refractivity contribution in [3.05, 3.63) is 0 Å². The highest BCUT2D eigenvalue weighted by Crippen LogP contribution is 2.21. The number of ether oxygens (including phenoxy) is 1. The van der Waals surface area contributed by atoms with Crippen molar-refractivity contribution in [1.29, 1.82) is 0 Å². The van der Waals surface area contributed by atoms with Gasteiger partial charge in [-0.3, -0.25) is 10.1 Å². The summed E-state index contributed by atoms with van der Waals surface area (Å²) in [6.45, 7) is 5.49. The van der Waals surface area contributed by atoms with Gasteiger partial charge in [0.1, 0.15) is 0 Å². The van der Waals surface area contributed by atoms with Gasteiger partial charge in [0.25, 0.3) is 0 Å². The average molecular weight is 215 g/mol. The van der Waals surface area contributed by atoms with Crippen LogP contribution in [0.4, 0.5) is 0 Å². The number of carbonyl (C=O) groups is 2. The van der Waals surface area contributed by atoms with Crippen LogP contribution >= 0.6 is 0 Å². The van der Waals surface area contributed by atoms with E-state index in [2.05, 4.69) is 10.1 Å². The van der Waals surface area contributed by atoms with Crippen LogP contribution in [0.15, 0.2) is 0 Å². The molecule has 5 heteroatoms. The molecule has 0 radical (unpaired) electrons. The number of carbonyl (C=O) groups excluding carboxylic acids is 2. The summed E-state index contributed by atoms with van der Waals surface area (Å²) < 4.78 is 4.61. The summed E-state index contributed by atoms with van der Waals surface area (Å²) in [5.41, 5.74) is -2.43. The molecule has 1 aliphatic heterocycles. The van der Waals surface area contributed by atoms with Gasteiger partial charge in [-0.2, -0.15) is 0 Å². The van der Waals surface area contributed by atoms with E-state index < -0.39 is 23.1 Å². The van der Waals surface area contributed by atoms with Crippen LogP contribution in [-0.4, -0.2) is 29.3 Å². The van der Waals surface area contributed by atoms with E-state index in [4.69, 9.17) is 0 Å². The fourth-order valence-corrected chi connectivity index (χ4v) is 1.22. The standard InChI is InChI=1S/C10H17NO4/c1-9(2,3)7(12)15-8(13)10(14)5-4-6-11-10/h11,14H,4-6H2,1-3H3/t10-/m1/s1. The van der Waals surface area contributed by atoms with Crippen molar-refractivity contribution in [2.45, 2.75) is 39.3 Å². The summed E-state index contributed by atoms with van der Waals surface area (Å²) in [6.07, 6.45) is 0.971. The highest BCUT2D eigenvalue weighted by atomic mass is 16.6. The molecule has 1 saturated heterocycles. The van der Waals surface area contributed by atoms with Crippen LogP contribution < -0.4 is 5.32 Å². The molecule has 1 fully saturated rings. The summed E-state index contributed by atoms with van der Waals surface area (Å²) in [6, 6.07) is 0. The van der Waals surface area contributed by atoms with Gasteiger partial charge >= 0.3 is 11.9 Å². The lowest BCUT2D eigenvalue weighted by Gasteiger charge is -2.22. The van der Waals surface area contributed by atoms with Crippen LogP contribution in [-0.2, 0) is 14.3 Å². The van der Waals surface area contributed by atoms with Gasteiger partial charge in [0.2, 0.25) is 5.72 Å². The normalized spacial score (nSPS) is 26.4. The zero-order chi connectivity index (χ0) is 11.7. The zero-order valence-corrected chi connectivity index (χ0v) is 9.29. The van der Waals surface area contributed by atoms with E-state index in [1.807, 2.05) is 0 Å². The lowest BCUT2D eigenvalue weighted by Crippen LogP contribution is -2.49. The first-order valence-corrected chi connectivity index (χ1v) is 5.00. The number of nitrogens with one attached hydrogen (secondary N) is 1. The van der Waals surface area contributed by atoms with Gasteiger partial charge in [0, 0.05) is 6.42 Å². The number of hydrogen-bond donors (Lipinski definition) is 2. The highest BCUT2D eigenvalue weighted by Gasteiger charge is 2.42. The minimum atomic E-state index is -1.68. The molecule has 2 N–H and O–H groups in total. The van der Waals surface area contributed by atoms with E-state index in [1.165, 1.54) is 0 Å². The molecule has 1 heterocycles. The van der Waals surface area contributed by atoms with E-state index in [0.717, 1.165) is 0 Å². The van der Waals surface area contributed by atoms with Gasteiger partial charge < -0.3 is 9.84 Å². The number of hydrogen-bond acceptors (Lipinski definition) is 5. The van der Waals surface area contributed by atoms with Crippen LogP contribution in [0.5, 0.6) is 0 Å². The summed E-state index contributed by atoms with van der Waals surface area (Å²) >= 11 is 0. The largest absolute Gasteiger partial charge is 0.390 e. The molecule has 5 nitrogen and oxygen atoms in total. The first kappa shape index (κ1) is 12.1. The molecule has 0 bridgehead atoms. The third-order valence-electron chi connectivity index (χ3n) is 2.27. The van der Waals surface area contributed by atoms with Crippen molar-refractivity contribution < 1.29 is 19.4 Å². The molecule has 86 valence electrons. The molecule has 0 amide bonds. The predicted molar refractivity (Wildman–Crippen MR) is 52.7 cm³/mol. The van der Waals surface area contributed by atoms with Crippen LogP contribution in [0.1, 0.15) is 33.6 Å². The molecular formula is C10H17NO4. The van der Waals surface area contributed by atoms with Crippen LogP contribution in [0.3, 0.4) is 0 Å². The zero-order valence-electron chi connectivity index (χ0n) is 9.29. The van der Waals surface area contributed by atoms with E-state index >= 15 is 0 Å². The van der Waals surface area contributed by atoms with E-state index in [-0.39, 0.29) is 6.42 Å². The van der Waals surface area contributed by atoms with Crippen molar-refractivity contribution in [2.24, 2.45) is 5.41 Å². The Kier molecular flexibility index (Phi) is 3.16. The second-order valence-corrected chi connectivity index (χ2v) is 4.82. The van der Waals surface area contributed by atoms with Crippen molar-refractivity contribution in [3.63, 3.8) is 0 Å². The topological polar surface area (TPSA) is 75.6 Å². The summed E-state index contributed by atoms with van der Waals surface area (Å²) in [4.78, 5) is 22.9. The van der Waals surface area contributed by atoms with E-state index in [9.17, 15) is 14.7 Å². The van der Waals surface area contributed by atoms with Crippen molar-refractivity contribution >= 4 is 11.9 Å². The molecule has 1 rings (SSSR count). The summed E-state index contributed by atoms with van der Waals surface area (Å²) in [7, 11) is 0. The summed E-state index contributed by atoms with van der Waals surface area (Å²) in [5.74, 6) is -1.53. The van der Waals surface area contributed by atoms with Gasteiger partial charge in [0.05, 0.1) is 5.41 Å². The SMILES string of the molecule is CC(C)(C)C(=O)OC(=O)[C@]1(O)CCCN1. The lowest BCUT2D eigenvalue weighted by atomic mass is 9.97. The van der Waals surface area contributed by atoms with Crippen LogP contribution in [0.2, 0.25) is 0 Å². The maximum atomic E-state index is 11.5. The molecule has 0 aliphatic carbocycles. The fourth-order valence-electron chi connectivity index (χ4n) is 1.22. The van der Waals surface area contributed by atoms with Gasteiger partial charge in [-0.25, -0.2) is 4.79 Å². The molecule has 1 aliphatic rings. The Hall–Kier alpha value is -0.940. The predicted octanol–water partition coefficient (Wildman–Crippen LogP) is 0.174. The van der Waals surface area contributed by atoms with Gasteiger partial charge in [-0.15, -0.1) is 0 Å². The van der Waals surface area contributed by atoms with Gasteiger partial charge in [0.15, 0.2) is 0 Å². The molecule has 0 aromatic rings. The summed E-state index contributed by atoms with van der Waals surface area (Å²) in [5, 5.41) is 12.4. The fraction of sp³-hybridized carbons (Fsp3) is 0.800. The third kappa shape index (κ3) is 2.76. The minimum absolute atomic E-state index is 0.281.